The second kappa shape index (κ2) is 6.30. The third-order valence-corrected chi connectivity index (χ3v) is 2.75. The number of hydrogen-bond donors (Lipinski definition) is 3. The molecule has 0 bridgehead atoms. The normalized spacial score (nSPS) is 9.52. The van der Waals surface area contributed by atoms with Crippen LogP contribution >= 0.6 is 0 Å². The minimum Gasteiger partial charge on any atom is -0.495 e. The van der Waals surface area contributed by atoms with Gasteiger partial charge in [-0.2, -0.15) is 5.26 Å². The number of anilines is 3. The molecule has 4 N–H and O–H groups in total. The highest BCUT2D eigenvalue weighted by Crippen LogP contribution is 2.25. The predicted octanol–water partition coefficient (Wildman–Crippen LogP) is 2.79. The number of carbonyl (C=O) groups excluding carboxylic acids is 1. The molecule has 2 aromatic rings. The van der Waals surface area contributed by atoms with Crippen LogP contribution in [-0.2, 0) is 0 Å². The number of amides is 2. The lowest BCUT2D eigenvalue weighted by Gasteiger charge is -2.11. The maximum atomic E-state index is 11.9. The zero-order chi connectivity index (χ0) is 15.2. The van der Waals surface area contributed by atoms with Gasteiger partial charge in [0.2, 0.25) is 0 Å². The first-order valence-corrected chi connectivity index (χ1v) is 6.14. The lowest BCUT2D eigenvalue weighted by molar-refractivity contribution is 0.262. The number of benzene rings is 2. The summed E-state index contributed by atoms with van der Waals surface area (Å²) in [5.74, 6) is 0.418. The number of methoxy groups -OCH3 is 1. The van der Waals surface area contributed by atoms with Gasteiger partial charge in [-0.1, -0.05) is 0 Å². The zero-order valence-corrected chi connectivity index (χ0v) is 11.4. The second-order valence-electron chi connectivity index (χ2n) is 4.23. The molecule has 6 heteroatoms. The number of nitriles is 1. The van der Waals surface area contributed by atoms with E-state index in [1.54, 1.807) is 42.5 Å². The summed E-state index contributed by atoms with van der Waals surface area (Å²) in [5, 5.41) is 14.2. The molecule has 2 amide bonds. The fourth-order valence-electron chi connectivity index (χ4n) is 1.72. The van der Waals surface area contributed by atoms with Crippen LogP contribution in [0.4, 0.5) is 21.9 Å². The van der Waals surface area contributed by atoms with Gasteiger partial charge in [-0.05, 0) is 36.4 Å². The van der Waals surface area contributed by atoms with E-state index in [0.29, 0.717) is 28.4 Å². The topological polar surface area (TPSA) is 100 Å². The summed E-state index contributed by atoms with van der Waals surface area (Å²) < 4.78 is 5.14. The summed E-state index contributed by atoms with van der Waals surface area (Å²) in [6, 6.07) is 13.1. The minimum atomic E-state index is -0.414. The molecule has 106 valence electrons. The Morgan fingerprint density at radius 3 is 2.52 bits per heavy atom. The summed E-state index contributed by atoms with van der Waals surface area (Å²) in [6.45, 7) is 0. The third-order valence-electron chi connectivity index (χ3n) is 2.75. The molecule has 0 aliphatic carbocycles. The molecule has 0 spiro atoms. The standard InChI is InChI=1S/C15H14N4O2/c1-21-14-8-10(9-16)2-7-13(14)19-15(20)18-12-5-3-11(17)4-6-12/h2-8H,17H2,1H3,(H2,18,19,20). The van der Waals surface area contributed by atoms with E-state index in [2.05, 4.69) is 10.6 Å². The zero-order valence-electron chi connectivity index (χ0n) is 11.4. The monoisotopic (exact) mass is 282 g/mol. The lowest BCUT2D eigenvalue weighted by atomic mass is 10.2. The van der Waals surface area contributed by atoms with Crippen molar-refractivity contribution in [3.05, 3.63) is 48.0 Å². The van der Waals surface area contributed by atoms with Crippen molar-refractivity contribution in [3.8, 4) is 11.8 Å². The molecule has 6 nitrogen and oxygen atoms in total. The quantitative estimate of drug-likeness (QED) is 0.753. The fourth-order valence-corrected chi connectivity index (χ4v) is 1.72. The van der Waals surface area contributed by atoms with Gasteiger partial charge in [-0.15, -0.1) is 0 Å². The molecular formula is C15H14N4O2. The number of ether oxygens (including phenoxy) is 1. The number of nitrogens with two attached hydrogens (primary N) is 1. The van der Waals surface area contributed by atoms with Crippen molar-refractivity contribution >= 4 is 23.1 Å². The number of urea groups is 1. The van der Waals surface area contributed by atoms with Crippen LogP contribution in [0.25, 0.3) is 0 Å². The van der Waals surface area contributed by atoms with Gasteiger partial charge in [-0.25, -0.2) is 4.79 Å². The van der Waals surface area contributed by atoms with Crippen LogP contribution in [0.15, 0.2) is 42.5 Å². The van der Waals surface area contributed by atoms with Gasteiger partial charge in [0, 0.05) is 17.4 Å². The Hall–Kier alpha value is -3.20. The Morgan fingerprint density at radius 2 is 1.90 bits per heavy atom. The fraction of sp³-hybridized carbons (Fsp3) is 0.0667. The summed E-state index contributed by atoms with van der Waals surface area (Å²) in [7, 11) is 1.47. The van der Waals surface area contributed by atoms with Crippen LogP contribution in [0.2, 0.25) is 0 Å². The molecular weight excluding hydrogens is 268 g/mol. The van der Waals surface area contributed by atoms with E-state index >= 15 is 0 Å². The van der Waals surface area contributed by atoms with Gasteiger partial charge in [0.05, 0.1) is 24.4 Å². The summed E-state index contributed by atoms with van der Waals surface area (Å²) in [6.07, 6.45) is 0. The van der Waals surface area contributed by atoms with Crippen molar-refractivity contribution in [2.24, 2.45) is 0 Å². The molecule has 0 aliphatic heterocycles. The number of rotatable bonds is 3. The number of nitrogen functional groups attached to an aromatic ring is 1. The first kappa shape index (κ1) is 14.2. The number of nitrogens with one attached hydrogen (secondary N) is 2. The van der Waals surface area contributed by atoms with Crippen LogP contribution in [0, 0.1) is 11.3 Å². The van der Waals surface area contributed by atoms with Crippen molar-refractivity contribution in [3.63, 3.8) is 0 Å². The van der Waals surface area contributed by atoms with Gasteiger partial charge in [0.1, 0.15) is 5.75 Å². The molecule has 0 unspecified atom stereocenters. The highest BCUT2D eigenvalue weighted by atomic mass is 16.5. The smallest absolute Gasteiger partial charge is 0.323 e. The molecule has 0 saturated carbocycles. The molecule has 0 aliphatic rings. The Balaban J connectivity index is 2.09. The van der Waals surface area contributed by atoms with Gasteiger partial charge < -0.3 is 21.1 Å². The van der Waals surface area contributed by atoms with Crippen molar-refractivity contribution < 1.29 is 9.53 Å². The van der Waals surface area contributed by atoms with E-state index in [0.717, 1.165) is 0 Å². The van der Waals surface area contributed by atoms with Gasteiger partial charge in [-0.3, -0.25) is 0 Å². The van der Waals surface area contributed by atoms with Crippen molar-refractivity contribution in [1.29, 1.82) is 5.26 Å². The molecule has 2 aromatic carbocycles. The molecule has 0 atom stereocenters. The average molecular weight is 282 g/mol. The van der Waals surface area contributed by atoms with Crippen LogP contribution < -0.4 is 21.1 Å². The Bertz CT molecular complexity index is 690. The van der Waals surface area contributed by atoms with Crippen LogP contribution in [0.5, 0.6) is 5.75 Å². The molecule has 0 saturated heterocycles. The predicted molar refractivity (Wildman–Crippen MR) is 81.2 cm³/mol. The number of hydrogen-bond acceptors (Lipinski definition) is 4. The third kappa shape index (κ3) is 3.64. The maximum absolute atomic E-state index is 11.9. The first-order chi connectivity index (χ1) is 10.1. The van der Waals surface area contributed by atoms with E-state index in [4.69, 9.17) is 15.7 Å². The molecule has 21 heavy (non-hydrogen) atoms. The first-order valence-electron chi connectivity index (χ1n) is 6.14. The summed E-state index contributed by atoms with van der Waals surface area (Å²) in [4.78, 5) is 11.9. The van der Waals surface area contributed by atoms with Crippen molar-refractivity contribution in [1.82, 2.24) is 0 Å². The van der Waals surface area contributed by atoms with Gasteiger partial charge in [0.15, 0.2) is 0 Å². The Labute approximate surface area is 122 Å². The molecule has 0 fully saturated rings. The average Bonchev–Trinajstić information content (AvgIpc) is 2.50. The molecule has 0 aromatic heterocycles. The Morgan fingerprint density at radius 1 is 1.19 bits per heavy atom. The highest BCUT2D eigenvalue weighted by Gasteiger charge is 2.08. The summed E-state index contributed by atoms with van der Waals surface area (Å²) in [5.41, 5.74) is 7.75. The van der Waals surface area contributed by atoms with E-state index in [-0.39, 0.29) is 0 Å². The minimum absolute atomic E-state index is 0.414. The van der Waals surface area contributed by atoms with Crippen molar-refractivity contribution in [2.45, 2.75) is 0 Å². The molecule has 2 rings (SSSR count). The number of carbonyl (C=O) groups is 1. The van der Waals surface area contributed by atoms with E-state index in [1.807, 2.05) is 6.07 Å². The van der Waals surface area contributed by atoms with Crippen LogP contribution in [0.3, 0.4) is 0 Å². The van der Waals surface area contributed by atoms with E-state index < -0.39 is 6.03 Å². The molecule has 0 heterocycles. The Kier molecular flexibility index (Phi) is 4.26. The largest absolute Gasteiger partial charge is 0.495 e. The van der Waals surface area contributed by atoms with Crippen molar-refractivity contribution in [2.75, 3.05) is 23.5 Å². The number of nitrogens with zero attached hydrogens (tertiary/aromatic N) is 1. The van der Waals surface area contributed by atoms with Crippen LogP contribution in [0.1, 0.15) is 5.56 Å². The van der Waals surface area contributed by atoms with E-state index in [9.17, 15) is 4.79 Å². The maximum Gasteiger partial charge on any atom is 0.323 e. The highest BCUT2D eigenvalue weighted by molar-refractivity contribution is 6.00. The van der Waals surface area contributed by atoms with E-state index in [1.165, 1.54) is 7.11 Å². The van der Waals surface area contributed by atoms with Gasteiger partial charge >= 0.3 is 6.03 Å². The summed E-state index contributed by atoms with van der Waals surface area (Å²) >= 11 is 0. The molecule has 0 radical (unpaired) electrons. The van der Waals surface area contributed by atoms with Crippen LogP contribution in [-0.4, -0.2) is 13.1 Å². The SMILES string of the molecule is COc1cc(C#N)ccc1NC(=O)Nc1ccc(N)cc1. The second-order valence-corrected chi connectivity index (χ2v) is 4.23. The van der Waals surface area contributed by atoms with Gasteiger partial charge in [0.25, 0.3) is 0 Å². The lowest BCUT2D eigenvalue weighted by Crippen LogP contribution is -2.19.